The van der Waals surface area contributed by atoms with Gasteiger partial charge in [0.2, 0.25) is 0 Å². The van der Waals surface area contributed by atoms with Crippen LogP contribution in [0.3, 0.4) is 0 Å². The molecule has 2 aliphatic rings. The quantitative estimate of drug-likeness (QED) is 0.569. The normalized spacial score (nSPS) is 55.4. The van der Waals surface area contributed by atoms with E-state index in [1.165, 1.54) is 12.8 Å². The average Bonchev–Trinajstić information content (AvgIpc) is 2.65. The number of hydrogen-bond donors (Lipinski definition) is 0. The van der Waals surface area contributed by atoms with Crippen LogP contribution in [0.25, 0.3) is 0 Å². The lowest BCUT2D eigenvalue weighted by Gasteiger charge is -2.43. The molecular formula is C11H20. The van der Waals surface area contributed by atoms with Crippen LogP contribution in [0.2, 0.25) is 0 Å². The molecule has 5 atom stereocenters. The molecule has 0 bridgehead atoms. The third-order valence-electron chi connectivity index (χ3n) is 4.24. The predicted octanol–water partition coefficient (Wildman–Crippen LogP) is 3.32. The van der Waals surface area contributed by atoms with Crippen LogP contribution in [0, 0.1) is 29.6 Å². The highest BCUT2D eigenvalue weighted by molar-refractivity contribution is 4.98. The molecule has 11 heavy (non-hydrogen) atoms. The maximum Gasteiger partial charge on any atom is -0.0352 e. The molecule has 2 fully saturated rings. The van der Waals surface area contributed by atoms with Crippen molar-refractivity contribution < 1.29 is 0 Å². The second-order valence-corrected chi connectivity index (χ2v) is 4.80. The smallest absolute Gasteiger partial charge is 0.0352 e. The molecule has 2 rings (SSSR count). The van der Waals surface area contributed by atoms with E-state index < -0.39 is 0 Å². The Labute approximate surface area is 70.4 Å². The second-order valence-electron chi connectivity index (χ2n) is 4.80. The lowest BCUT2D eigenvalue weighted by atomic mass is 9.62. The van der Waals surface area contributed by atoms with Gasteiger partial charge < -0.3 is 0 Å². The van der Waals surface area contributed by atoms with E-state index in [0.717, 1.165) is 29.6 Å². The fourth-order valence-corrected chi connectivity index (χ4v) is 2.98. The highest BCUT2D eigenvalue weighted by Gasteiger charge is 2.48. The fourth-order valence-electron chi connectivity index (χ4n) is 2.98. The third kappa shape index (κ3) is 1.11. The van der Waals surface area contributed by atoms with Gasteiger partial charge in [-0.2, -0.15) is 0 Å². The van der Waals surface area contributed by atoms with Crippen LogP contribution in [0.5, 0.6) is 0 Å². The Morgan fingerprint density at radius 1 is 1.09 bits per heavy atom. The van der Waals surface area contributed by atoms with Crippen LogP contribution in [0.1, 0.15) is 40.0 Å². The van der Waals surface area contributed by atoms with Gasteiger partial charge in [0.25, 0.3) is 0 Å². The molecule has 0 radical (unpaired) electrons. The van der Waals surface area contributed by atoms with E-state index in [-0.39, 0.29) is 0 Å². The summed E-state index contributed by atoms with van der Waals surface area (Å²) in [6.07, 6.45) is 4.50. The van der Waals surface area contributed by atoms with Crippen molar-refractivity contribution in [3.05, 3.63) is 0 Å². The Balaban J connectivity index is 1.83. The van der Waals surface area contributed by atoms with Gasteiger partial charge in [-0.3, -0.25) is 0 Å². The summed E-state index contributed by atoms with van der Waals surface area (Å²) >= 11 is 0. The van der Waals surface area contributed by atoms with Crippen molar-refractivity contribution in [3.8, 4) is 0 Å². The van der Waals surface area contributed by atoms with E-state index in [9.17, 15) is 0 Å². The van der Waals surface area contributed by atoms with Gasteiger partial charge in [-0.05, 0) is 42.4 Å². The van der Waals surface area contributed by atoms with Crippen molar-refractivity contribution in [3.63, 3.8) is 0 Å². The van der Waals surface area contributed by atoms with Crippen molar-refractivity contribution in [1.29, 1.82) is 0 Å². The van der Waals surface area contributed by atoms with Crippen LogP contribution < -0.4 is 0 Å². The molecule has 2 saturated carbocycles. The summed E-state index contributed by atoms with van der Waals surface area (Å²) in [6.45, 7) is 7.22. The first kappa shape index (κ1) is 7.64. The summed E-state index contributed by atoms with van der Waals surface area (Å²) in [7, 11) is 0. The molecule has 0 aliphatic heterocycles. The molecule has 0 N–H and O–H groups in total. The Morgan fingerprint density at radius 2 is 1.73 bits per heavy atom. The molecule has 0 aromatic heterocycles. The van der Waals surface area contributed by atoms with Crippen molar-refractivity contribution in [1.82, 2.24) is 0 Å². The van der Waals surface area contributed by atoms with Crippen LogP contribution in [0.15, 0.2) is 0 Å². The highest BCUT2D eigenvalue weighted by atomic mass is 14.5. The monoisotopic (exact) mass is 152 g/mol. The zero-order valence-electron chi connectivity index (χ0n) is 8.01. The van der Waals surface area contributed by atoms with Gasteiger partial charge in [0.15, 0.2) is 0 Å². The lowest BCUT2D eigenvalue weighted by Crippen LogP contribution is -2.35. The zero-order valence-corrected chi connectivity index (χ0v) is 8.01. The Hall–Kier alpha value is 0. The van der Waals surface area contributed by atoms with Gasteiger partial charge >= 0.3 is 0 Å². The molecule has 0 aromatic carbocycles. The minimum absolute atomic E-state index is 1.05. The molecule has 0 aromatic rings. The molecule has 0 nitrogen and oxygen atoms in total. The molecule has 2 aliphatic carbocycles. The van der Waals surface area contributed by atoms with Crippen molar-refractivity contribution >= 4 is 0 Å². The molecule has 0 saturated heterocycles. The van der Waals surface area contributed by atoms with Gasteiger partial charge in [-0.1, -0.05) is 27.2 Å². The highest BCUT2D eigenvalue weighted by Crippen LogP contribution is 2.56. The van der Waals surface area contributed by atoms with Crippen LogP contribution >= 0.6 is 0 Å². The summed E-state index contributed by atoms with van der Waals surface area (Å²) in [5.41, 5.74) is 0. The fraction of sp³-hybridized carbons (Fsp3) is 1.00. The van der Waals surface area contributed by atoms with E-state index in [1.54, 1.807) is 6.42 Å². The summed E-state index contributed by atoms with van der Waals surface area (Å²) in [4.78, 5) is 0. The summed E-state index contributed by atoms with van der Waals surface area (Å²) in [5.74, 6) is 5.45. The number of rotatable bonds is 2. The first-order valence-corrected chi connectivity index (χ1v) is 5.24. The van der Waals surface area contributed by atoms with E-state index in [2.05, 4.69) is 20.8 Å². The minimum Gasteiger partial charge on any atom is -0.0651 e. The van der Waals surface area contributed by atoms with Gasteiger partial charge in [-0.25, -0.2) is 0 Å². The first-order valence-electron chi connectivity index (χ1n) is 5.24. The standard InChI is InChI=1S/C11H20/c1-4-9-6-11(8(9)3)10-5-7(10)2/h7-11H,4-6H2,1-3H3. The second kappa shape index (κ2) is 2.50. The predicted molar refractivity (Wildman–Crippen MR) is 48.3 cm³/mol. The number of hydrogen-bond acceptors (Lipinski definition) is 0. The van der Waals surface area contributed by atoms with Gasteiger partial charge in [-0.15, -0.1) is 0 Å². The van der Waals surface area contributed by atoms with Gasteiger partial charge in [0.1, 0.15) is 0 Å². The molecule has 0 amide bonds. The van der Waals surface area contributed by atoms with Crippen LogP contribution in [0.4, 0.5) is 0 Å². The summed E-state index contributed by atoms with van der Waals surface area (Å²) < 4.78 is 0. The van der Waals surface area contributed by atoms with Crippen molar-refractivity contribution in [2.24, 2.45) is 29.6 Å². The Morgan fingerprint density at radius 3 is 2.09 bits per heavy atom. The van der Waals surface area contributed by atoms with Crippen molar-refractivity contribution in [2.75, 3.05) is 0 Å². The van der Waals surface area contributed by atoms with Crippen molar-refractivity contribution in [2.45, 2.75) is 40.0 Å². The third-order valence-corrected chi connectivity index (χ3v) is 4.24. The molecule has 0 spiro atoms. The summed E-state index contributed by atoms with van der Waals surface area (Å²) in [5, 5.41) is 0. The molecule has 0 heterocycles. The van der Waals surface area contributed by atoms with E-state index in [1.807, 2.05) is 0 Å². The molecule has 5 unspecified atom stereocenters. The average molecular weight is 152 g/mol. The van der Waals surface area contributed by atoms with Crippen LogP contribution in [-0.4, -0.2) is 0 Å². The van der Waals surface area contributed by atoms with Gasteiger partial charge in [0, 0.05) is 0 Å². The topological polar surface area (TPSA) is 0 Å². The molecule has 0 heteroatoms. The van der Waals surface area contributed by atoms with Crippen LogP contribution in [-0.2, 0) is 0 Å². The van der Waals surface area contributed by atoms with E-state index >= 15 is 0 Å². The largest absolute Gasteiger partial charge is 0.0651 e. The lowest BCUT2D eigenvalue weighted by molar-refractivity contribution is 0.0621. The maximum atomic E-state index is 2.47. The van der Waals surface area contributed by atoms with E-state index in [0.29, 0.717) is 0 Å². The van der Waals surface area contributed by atoms with E-state index in [4.69, 9.17) is 0 Å². The maximum absolute atomic E-state index is 2.47. The SMILES string of the molecule is CCC1CC(C2CC2C)C1C. The Bertz CT molecular complexity index is 150. The zero-order chi connectivity index (χ0) is 8.01. The molecular weight excluding hydrogens is 132 g/mol. The van der Waals surface area contributed by atoms with Gasteiger partial charge in [0.05, 0.1) is 0 Å². The summed E-state index contributed by atoms with van der Waals surface area (Å²) in [6, 6.07) is 0. The minimum atomic E-state index is 1.05. The Kier molecular flexibility index (Phi) is 1.74. The first-order chi connectivity index (χ1) is 5.24. The molecule has 64 valence electrons.